The Kier molecular flexibility index (Phi) is 7.60. The standard InChI is InChI=1S/C26H32FN3O3/c1-33-23-9-5-4-8-22(23)26(32)30-16-14-29(15-17-30)24(20-6-2-3-7-20)25(31)28-18-19-10-12-21(27)13-11-19/h4-5,8-13,20,24H,2-3,6-7,14-18H2,1H3,(H,28,31). The smallest absolute Gasteiger partial charge is 0.257 e. The number of methoxy groups -OCH3 is 1. The molecule has 0 aromatic heterocycles. The molecule has 7 heteroatoms. The summed E-state index contributed by atoms with van der Waals surface area (Å²) >= 11 is 0. The van der Waals surface area contributed by atoms with Gasteiger partial charge in [0, 0.05) is 32.7 Å². The summed E-state index contributed by atoms with van der Waals surface area (Å²) < 4.78 is 18.5. The third kappa shape index (κ3) is 5.53. The van der Waals surface area contributed by atoms with Crippen molar-refractivity contribution < 1.29 is 18.7 Å². The van der Waals surface area contributed by atoms with E-state index < -0.39 is 0 Å². The predicted octanol–water partition coefficient (Wildman–Crippen LogP) is 3.47. The quantitative estimate of drug-likeness (QED) is 0.698. The number of ether oxygens (including phenoxy) is 1. The van der Waals surface area contributed by atoms with E-state index in [0.29, 0.717) is 50.0 Å². The molecule has 2 aromatic carbocycles. The summed E-state index contributed by atoms with van der Waals surface area (Å²) in [7, 11) is 1.57. The Balaban J connectivity index is 1.39. The van der Waals surface area contributed by atoms with E-state index in [0.717, 1.165) is 31.2 Å². The van der Waals surface area contributed by atoms with Crippen LogP contribution in [0, 0.1) is 11.7 Å². The van der Waals surface area contributed by atoms with Crippen molar-refractivity contribution in [2.75, 3.05) is 33.3 Å². The van der Waals surface area contributed by atoms with Crippen LogP contribution in [0.3, 0.4) is 0 Å². The molecule has 4 rings (SSSR count). The van der Waals surface area contributed by atoms with Crippen molar-refractivity contribution in [1.82, 2.24) is 15.1 Å². The Hall–Kier alpha value is -2.93. The minimum Gasteiger partial charge on any atom is -0.496 e. The maximum absolute atomic E-state index is 13.3. The average molecular weight is 454 g/mol. The van der Waals surface area contributed by atoms with E-state index in [1.54, 1.807) is 31.4 Å². The van der Waals surface area contributed by atoms with Crippen molar-refractivity contribution >= 4 is 11.8 Å². The maximum atomic E-state index is 13.3. The Morgan fingerprint density at radius 3 is 2.36 bits per heavy atom. The van der Waals surface area contributed by atoms with Gasteiger partial charge in [-0.25, -0.2) is 4.39 Å². The second-order valence-corrected chi connectivity index (χ2v) is 8.86. The zero-order valence-electron chi connectivity index (χ0n) is 19.1. The number of para-hydroxylation sites is 1. The molecule has 1 N–H and O–H groups in total. The van der Waals surface area contributed by atoms with E-state index in [-0.39, 0.29) is 23.7 Å². The summed E-state index contributed by atoms with van der Waals surface area (Å²) in [6, 6.07) is 13.3. The first-order valence-electron chi connectivity index (χ1n) is 11.8. The summed E-state index contributed by atoms with van der Waals surface area (Å²) in [6.45, 7) is 2.85. The number of rotatable bonds is 7. The zero-order chi connectivity index (χ0) is 23.2. The van der Waals surface area contributed by atoms with Crippen LogP contribution in [0.2, 0.25) is 0 Å². The van der Waals surface area contributed by atoms with Gasteiger partial charge in [-0.1, -0.05) is 37.1 Å². The van der Waals surface area contributed by atoms with Gasteiger partial charge in [-0.05, 0) is 48.6 Å². The monoisotopic (exact) mass is 453 g/mol. The van der Waals surface area contributed by atoms with E-state index in [9.17, 15) is 14.0 Å². The normalized spacial score (nSPS) is 18.2. The molecule has 1 saturated carbocycles. The fraction of sp³-hybridized carbons (Fsp3) is 0.462. The summed E-state index contributed by atoms with van der Waals surface area (Å²) in [6.07, 6.45) is 4.40. The lowest BCUT2D eigenvalue weighted by Crippen LogP contribution is -2.57. The fourth-order valence-electron chi connectivity index (χ4n) is 5.04. The number of benzene rings is 2. The van der Waals surface area contributed by atoms with Crippen LogP contribution >= 0.6 is 0 Å². The van der Waals surface area contributed by atoms with Crippen LogP contribution in [0.5, 0.6) is 5.75 Å². The third-order valence-corrected chi connectivity index (χ3v) is 6.83. The second-order valence-electron chi connectivity index (χ2n) is 8.86. The highest BCUT2D eigenvalue weighted by molar-refractivity contribution is 5.97. The first kappa shape index (κ1) is 23.2. The first-order valence-corrected chi connectivity index (χ1v) is 11.8. The molecule has 1 aliphatic carbocycles. The van der Waals surface area contributed by atoms with Gasteiger partial charge >= 0.3 is 0 Å². The van der Waals surface area contributed by atoms with Crippen LogP contribution in [0.15, 0.2) is 48.5 Å². The molecule has 176 valence electrons. The van der Waals surface area contributed by atoms with Crippen molar-refractivity contribution in [3.8, 4) is 5.75 Å². The topological polar surface area (TPSA) is 61.9 Å². The number of amides is 2. The van der Waals surface area contributed by atoms with Crippen LogP contribution in [0.25, 0.3) is 0 Å². The molecular formula is C26H32FN3O3. The summed E-state index contributed by atoms with van der Waals surface area (Å²) in [5.41, 5.74) is 1.44. The number of nitrogens with zero attached hydrogens (tertiary/aromatic N) is 2. The van der Waals surface area contributed by atoms with Crippen LogP contribution in [-0.2, 0) is 11.3 Å². The summed E-state index contributed by atoms with van der Waals surface area (Å²) in [5, 5.41) is 3.07. The number of hydrogen-bond donors (Lipinski definition) is 1. The highest BCUT2D eigenvalue weighted by Gasteiger charge is 2.37. The summed E-state index contributed by atoms with van der Waals surface area (Å²) in [4.78, 5) is 30.4. The lowest BCUT2D eigenvalue weighted by Gasteiger charge is -2.40. The van der Waals surface area contributed by atoms with Crippen LogP contribution < -0.4 is 10.1 Å². The van der Waals surface area contributed by atoms with Gasteiger partial charge in [0.05, 0.1) is 18.7 Å². The van der Waals surface area contributed by atoms with Gasteiger partial charge in [0.2, 0.25) is 5.91 Å². The lowest BCUT2D eigenvalue weighted by atomic mass is 9.94. The zero-order valence-corrected chi connectivity index (χ0v) is 19.1. The molecule has 0 spiro atoms. The molecule has 1 heterocycles. The van der Waals surface area contributed by atoms with Gasteiger partial charge in [-0.3, -0.25) is 14.5 Å². The Morgan fingerprint density at radius 1 is 1.03 bits per heavy atom. The molecule has 0 bridgehead atoms. The minimum absolute atomic E-state index is 0.0238. The van der Waals surface area contributed by atoms with Gasteiger partial charge in [-0.15, -0.1) is 0 Å². The fourth-order valence-corrected chi connectivity index (χ4v) is 5.04. The van der Waals surface area contributed by atoms with Crippen molar-refractivity contribution in [1.29, 1.82) is 0 Å². The number of carbonyl (C=O) groups is 2. The van der Waals surface area contributed by atoms with Crippen molar-refractivity contribution in [3.05, 3.63) is 65.5 Å². The Bertz CT molecular complexity index is 952. The number of halogens is 1. The second kappa shape index (κ2) is 10.8. The van der Waals surface area contributed by atoms with Crippen LogP contribution in [-0.4, -0.2) is 60.9 Å². The highest BCUT2D eigenvalue weighted by atomic mass is 19.1. The Labute approximate surface area is 194 Å². The molecule has 33 heavy (non-hydrogen) atoms. The van der Waals surface area contributed by atoms with Gasteiger partial charge in [-0.2, -0.15) is 0 Å². The van der Waals surface area contributed by atoms with Gasteiger partial charge in [0.25, 0.3) is 5.91 Å². The molecule has 1 saturated heterocycles. The molecule has 2 aromatic rings. The molecule has 2 fully saturated rings. The largest absolute Gasteiger partial charge is 0.496 e. The van der Waals surface area contributed by atoms with E-state index in [2.05, 4.69) is 10.2 Å². The predicted molar refractivity (Wildman–Crippen MR) is 124 cm³/mol. The molecule has 6 nitrogen and oxygen atoms in total. The van der Waals surface area contributed by atoms with Crippen molar-refractivity contribution in [2.45, 2.75) is 38.3 Å². The molecule has 1 atom stereocenters. The minimum atomic E-state index is -0.283. The van der Waals surface area contributed by atoms with Gasteiger partial charge in [0.15, 0.2) is 0 Å². The first-order chi connectivity index (χ1) is 16.1. The molecule has 2 amide bonds. The molecular weight excluding hydrogens is 421 g/mol. The Morgan fingerprint density at radius 2 is 1.70 bits per heavy atom. The number of carbonyl (C=O) groups excluding carboxylic acids is 2. The van der Waals surface area contributed by atoms with E-state index in [1.807, 2.05) is 17.0 Å². The molecule has 2 aliphatic rings. The van der Waals surface area contributed by atoms with Crippen LogP contribution in [0.1, 0.15) is 41.6 Å². The van der Waals surface area contributed by atoms with Gasteiger partial charge in [0.1, 0.15) is 11.6 Å². The summed E-state index contributed by atoms with van der Waals surface area (Å²) in [5.74, 6) is 0.610. The van der Waals surface area contributed by atoms with E-state index in [4.69, 9.17) is 4.74 Å². The SMILES string of the molecule is COc1ccccc1C(=O)N1CCN(C(C(=O)NCc2ccc(F)cc2)C2CCCC2)CC1. The molecule has 1 aliphatic heterocycles. The molecule has 1 unspecified atom stereocenters. The van der Waals surface area contributed by atoms with Crippen molar-refractivity contribution in [2.24, 2.45) is 5.92 Å². The van der Waals surface area contributed by atoms with E-state index in [1.165, 1.54) is 12.1 Å². The maximum Gasteiger partial charge on any atom is 0.257 e. The average Bonchev–Trinajstić information content (AvgIpc) is 3.38. The number of hydrogen-bond acceptors (Lipinski definition) is 4. The number of piperazine rings is 1. The lowest BCUT2D eigenvalue weighted by molar-refractivity contribution is -0.129. The molecule has 0 radical (unpaired) electrons. The third-order valence-electron chi connectivity index (χ3n) is 6.83. The van der Waals surface area contributed by atoms with E-state index >= 15 is 0 Å². The van der Waals surface area contributed by atoms with Crippen molar-refractivity contribution in [3.63, 3.8) is 0 Å². The number of nitrogens with one attached hydrogen (secondary N) is 1. The highest BCUT2D eigenvalue weighted by Crippen LogP contribution is 2.31. The van der Waals surface area contributed by atoms with Gasteiger partial charge < -0.3 is 15.0 Å². The van der Waals surface area contributed by atoms with Crippen LogP contribution in [0.4, 0.5) is 4.39 Å².